The molecule has 2 aliphatic carbocycles. The lowest BCUT2D eigenvalue weighted by Crippen LogP contribution is -2.43. The maximum Gasteiger partial charge on any atom is 0.321 e. The van der Waals surface area contributed by atoms with Crippen molar-refractivity contribution in [2.75, 3.05) is 0 Å². The summed E-state index contributed by atoms with van der Waals surface area (Å²) in [5.74, 6) is -0.282. The van der Waals surface area contributed by atoms with Gasteiger partial charge in [0, 0.05) is 0 Å². The van der Waals surface area contributed by atoms with Crippen LogP contribution in [0.25, 0.3) is 0 Å². The van der Waals surface area contributed by atoms with E-state index in [9.17, 15) is 4.79 Å². The van der Waals surface area contributed by atoms with Gasteiger partial charge in [0.2, 0.25) is 0 Å². The quantitative estimate of drug-likeness (QED) is 0.750. The number of aliphatic carboxylic acids is 1. The highest BCUT2D eigenvalue weighted by Gasteiger charge is 2.58. The van der Waals surface area contributed by atoms with Gasteiger partial charge < -0.3 is 10.8 Å². The third kappa shape index (κ3) is 1.78. The van der Waals surface area contributed by atoms with E-state index in [1.807, 2.05) is 0 Å². The molecule has 0 aromatic heterocycles. The van der Waals surface area contributed by atoms with E-state index < -0.39 is 12.0 Å². The Morgan fingerprint density at radius 2 is 2.00 bits per heavy atom. The molecule has 0 bridgehead atoms. The Morgan fingerprint density at radius 1 is 1.40 bits per heavy atom. The SMILES string of the molecule is CC1(C)CCC(C2(C(N)C(=O)O)CC2)C1. The molecule has 0 amide bonds. The summed E-state index contributed by atoms with van der Waals surface area (Å²) in [6.45, 7) is 4.55. The van der Waals surface area contributed by atoms with E-state index in [4.69, 9.17) is 10.8 Å². The van der Waals surface area contributed by atoms with Gasteiger partial charge in [0.25, 0.3) is 0 Å². The molecule has 2 fully saturated rings. The van der Waals surface area contributed by atoms with Gasteiger partial charge in [-0.3, -0.25) is 4.79 Å². The fourth-order valence-electron chi connectivity index (χ4n) is 3.29. The van der Waals surface area contributed by atoms with Gasteiger partial charge in [-0.15, -0.1) is 0 Å². The average Bonchev–Trinajstić information content (AvgIpc) is 2.85. The van der Waals surface area contributed by atoms with Crippen LogP contribution in [-0.2, 0) is 4.79 Å². The van der Waals surface area contributed by atoms with Crippen molar-refractivity contribution in [1.29, 1.82) is 0 Å². The zero-order valence-corrected chi connectivity index (χ0v) is 9.62. The average molecular weight is 211 g/mol. The highest BCUT2D eigenvalue weighted by atomic mass is 16.4. The van der Waals surface area contributed by atoms with E-state index in [0.29, 0.717) is 11.3 Å². The second kappa shape index (κ2) is 3.21. The third-order valence-electron chi connectivity index (χ3n) is 4.49. The first-order valence-electron chi connectivity index (χ1n) is 5.86. The molecule has 3 nitrogen and oxygen atoms in total. The smallest absolute Gasteiger partial charge is 0.321 e. The lowest BCUT2D eigenvalue weighted by molar-refractivity contribution is -0.141. The van der Waals surface area contributed by atoms with Gasteiger partial charge in [0.1, 0.15) is 6.04 Å². The molecule has 0 aromatic rings. The maximum absolute atomic E-state index is 11.0. The first-order valence-corrected chi connectivity index (χ1v) is 5.86. The second-order valence-electron chi connectivity index (χ2n) is 6.15. The Labute approximate surface area is 91.0 Å². The number of hydrogen-bond donors (Lipinski definition) is 2. The van der Waals surface area contributed by atoms with Crippen LogP contribution in [0.4, 0.5) is 0 Å². The Bertz CT molecular complexity index is 281. The highest BCUT2D eigenvalue weighted by Crippen LogP contribution is 2.61. The summed E-state index contributed by atoms with van der Waals surface area (Å²) in [7, 11) is 0. The topological polar surface area (TPSA) is 63.3 Å². The molecular weight excluding hydrogens is 190 g/mol. The maximum atomic E-state index is 11.0. The molecule has 86 valence electrons. The molecule has 2 atom stereocenters. The summed E-state index contributed by atoms with van der Waals surface area (Å²) < 4.78 is 0. The molecule has 2 saturated carbocycles. The van der Waals surface area contributed by atoms with Gasteiger partial charge in [-0.1, -0.05) is 13.8 Å². The van der Waals surface area contributed by atoms with Crippen molar-refractivity contribution in [2.24, 2.45) is 22.5 Å². The van der Waals surface area contributed by atoms with Gasteiger partial charge in [-0.25, -0.2) is 0 Å². The van der Waals surface area contributed by atoms with E-state index >= 15 is 0 Å². The van der Waals surface area contributed by atoms with Crippen molar-refractivity contribution in [1.82, 2.24) is 0 Å². The monoisotopic (exact) mass is 211 g/mol. The number of nitrogens with two attached hydrogens (primary N) is 1. The van der Waals surface area contributed by atoms with E-state index in [2.05, 4.69) is 13.8 Å². The van der Waals surface area contributed by atoms with Gasteiger partial charge in [0.15, 0.2) is 0 Å². The molecule has 2 rings (SSSR count). The minimum Gasteiger partial charge on any atom is -0.480 e. The van der Waals surface area contributed by atoms with Gasteiger partial charge >= 0.3 is 5.97 Å². The number of rotatable bonds is 3. The summed E-state index contributed by atoms with van der Waals surface area (Å²) in [6, 6.07) is -0.642. The summed E-state index contributed by atoms with van der Waals surface area (Å²) >= 11 is 0. The molecule has 0 spiro atoms. The Hall–Kier alpha value is -0.570. The Morgan fingerprint density at radius 3 is 2.33 bits per heavy atom. The summed E-state index contributed by atoms with van der Waals surface area (Å²) in [5, 5.41) is 9.02. The largest absolute Gasteiger partial charge is 0.480 e. The summed E-state index contributed by atoms with van der Waals surface area (Å²) in [5.41, 5.74) is 6.16. The molecule has 3 heteroatoms. The van der Waals surface area contributed by atoms with Crippen LogP contribution >= 0.6 is 0 Å². The second-order valence-corrected chi connectivity index (χ2v) is 6.15. The molecule has 0 saturated heterocycles. The Kier molecular flexibility index (Phi) is 2.34. The van der Waals surface area contributed by atoms with Crippen LogP contribution in [0.15, 0.2) is 0 Å². The minimum absolute atomic E-state index is 0.0559. The van der Waals surface area contributed by atoms with Crippen LogP contribution in [0.2, 0.25) is 0 Å². The molecule has 0 heterocycles. The molecule has 3 N–H and O–H groups in total. The van der Waals surface area contributed by atoms with Crippen LogP contribution in [0, 0.1) is 16.7 Å². The van der Waals surface area contributed by atoms with Crippen LogP contribution in [0.3, 0.4) is 0 Å². The predicted octanol–water partition coefficient (Wildman–Crippen LogP) is 2.00. The van der Waals surface area contributed by atoms with Crippen molar-refractivity contribution in [3.63, 3.8) is 0 Å². The van der Waals surface area contributed by atoms with Crippen molar-refractivity contribution < 1.29 is 9.90 Å². The predicted molar refractivity (Wildman–Crippen MR) is 58.4 cm³/mol. The van der Waals surface area contributed by atoms with Crippen LogP contribution < -0.4 is 5.73 Å². The standard InChI is InChI=1S/C12H21NO2/c1-11(2)4-3-8(7-11)12(5-6-12)9(13)10(14)15/h8-9H,3-7,13H2,1-2H3,(H,14,15). The van der Waals surface area contributed by atoms with Gasteiger partial charge in [0.05, 0.1) is 0 Å². The van der Waals surface area contributed by atoms with Crippen molar-refractivity contribution >= 4 is 5.97 Å². The van der Waals surface area contributed by atoms with Crippen LogP contribution in [0.5, 0.6) is 0 Å². The lowest BCUT2D eigenvalue weighted by atomic mass is 9.79. The first-order chi connectivity index (χ1) is 6.87. The van der Waals surface area contributed by atoms with Crippen molar-refractivity contribution in [2.45, 2.75) is 52.0 Å². The molecule has 2 unspecified atom stereocenters. The van der Waals surface area contributed by atoms with Crippen molar-refractivity contribution in [3.8, 4) is 0 Å². The third-order valence-corrected chi connectivity index (χ3v) is 4.49. The highest BCUT2D eigenvalue weighted by molar-refractivity contribution is 5.75. The minimum atomic E-state index is -0.822. The zero-order chi connectivity index (χ0) is 11.3. The molecule has 0 aliphatic heterocycles. The lowest BCUT2D eigenvalue weighted by Gasteiger charge is -2.27. The van der Waals surface area contributed by atoms with Crippen LogP contribution in [-0.4, -0.2) is 17.1 Å². The fourth-order valence-corrected chi connectivity index (χ4v) is 3.29. The van der Waals surface area contributed by atoms with Crippen molar-refractivity contribution in [3.05, 3.63) is 0 Å². The van der Waals surface area contributed by atoms with E-state index in [1.54, 1.807) is 0 Å². The van der Waals surface area contributed by atoms with E-state index in [-0.39, 0.29) is 5.41 Å². The first kappa shape index (κ1) is 10.9. The van der Waals surface area contributed by atoms with E-state index in [0.717, 1.165) is 25.7 Å². The number of hydrogen-bond acceptors (Lipinski definition) is 2. The normalized spacial score (nSPS) is 33.7. The molecule has 15 heavy (non-hydrogen) atoms. The number of carboxylic acids is 1. The number of carbonyl (C=O) groups is 1. The Balaban J connectivity index is 2.08. The zero-order valence-electron chi connectivity index (χ0n) is 9.62. The summed E-state index contributed by atoms with van der Waals surface area (Å²) in [6.07, 6.45) is 5.55. The molecule has 0 radical (unpaired) electrons. The van der Waals surface area contributed by atoms with E-state index in [1.165, 1.54) is 6.42 Å². The molecular formula is C12H21NO2. The van der Waals surface area contributed by atoms with Gasteiger partial charge in [-0.05, 0) is 48.9 Å². The molecule has 2 aliphatic rings. The molecule has 0 aromatic carbocycles. The van der Waals surface area contributed by atoms with Gasteiger partial charge in [-0.2, -0.15) is 0 Å². The fraction of sp³-hybridized carbons (Fsp3) is 0.917. The number of carboxylic acid groups (broad SMARTS) is 1. The van der Waals surface area contributed by atoms with Crippen LogP contribution in [0.1, 0.15) is 46.0 Å². The summed E-state index contributed by atoms with van der Waals surface area (Å²) in [4.78, 5) is 11.0.